The molecule has 0 saturated carbocycles. The van der Waals surface area contributed by atoms with Gasteiger partial charge in [-0.1, -0.05) is 47.5 Å². The van der Waals surface area contributed by atoms with E-state index < -0.39 is 28.5 Å². The van der Waals surface area contributed by atoms with Crippen molar-refractivity contribution in [3.05, 3.63) is 64.7 Å². The van der Waals surface area contributed by atoms with Crippen molar-refractivity contribution in [2.75, 3.05) is 23.7 Å². The topological polar surface area (TPSA) is 86.8 Å². The molecule has 2 aromatic carbocycles. The van der Waals surface area contributed by atoms with Gasteiger partial charge in [-0.05, 0) is 51.8 Å². The molecule has 1 unspecified atom stereocenters. The highest BCUT2D eigenvalue weighted by molar-refractivity contribution is 7.92. The first-order valence-corrected chi connectivity index (χ1v) is 12.5. The zero-order valence-electron chi connectivity index (χ0n) is 19.7. The van der Waals surface area contributed by atoms with Crippen LogP contribution in [-0.4, -0.2) is 50.5 Å². The summed E-state index contributed by atoms with van der Waals surface area (Å²) in [6, 6.07) is 12.3. The van der Waals surface area contributed by atoms with Gasteiger partial charge in [-0.15, -0.1) is 0 Å². The number of aryl methyl sites for hydroxylation is 3. The minimum atomic E-state index is -3.73. The molecule has 0 aliphatic heterocycles. The summed E-state index contributed by atoms with van der Waals surface area (Å²) in [6.07, 6.45) is 1.08. The standard InChI is InChI=1S/C24H33N3O4S/c1-7-25-24(29)20(5)26(15-21-11-8-17(2)9-12-21)23(28)16-27(32(6,30)31)22-13-10-18(3)14-19(22)4/h8-14,20H,7,15-16H2,1-6H3,(H,25,29). The van der Waals surface area contributed by atoms with Gasteiger partial charge in [0.15, 0.2) is 0 Å². The van der Waals surface area contributed by atoms with Gasteiger partial charge >= 0.3 is 0 Å². The van der Waals surface area contributed by atoms with Crippen LogP contribution in [0, 0.1) is 20.8 Å². The van der Waals surface area contributed by atoms with Crippen molar-refractivity contribution in [1.82, 2.24) is 10.2 Å². The predicted octanol–water partition coefficient (Wildman–Crippen LogP) is 2.93. The Morgan fingerprint density at radius 3 is 2.12 bits per heavy atom. The van der Waals surface area contributed by atoms with Gasteiger partial charge in [-0.2, -0.15) is 0 Å². The minimum absolute atomic E-state index is 0.196. The molecule has 1 N–H and O–H groups in total. The van der Waals surface area contributed by atoms with Crippen LogP contribution in [0.2, 0.25) is 0 Å². The maximum Gasteiger partial charge on any atom is 0.244 e. The third-order valence-corrected chi connectivity index (χ3v) is 6.42. The first-order chi connectivity index (χ1) is 14.9. The molecule has 8 heteroatoms. The highest BCUT2D eigenvalue weighted by Crippen LogP contribution is 2.24. The molecule has 0 radical (unpaired) electrons. The second kappa shape index (κ2) is 10.6. The summed E-state index contributed by atoms with van der Waals surface area (Å²) in [5, 5.41) is 2.74. The summed E-state index contributed by atoms with van der Waals surface area (Å²) in [4.78, 5) is 27.4. The van der Waals surface area contributed by atoms with Gasteiger partial charge in [-0.25, -0.2) is 8.42 Å². The van der Waals surface area contributed by atoms with E-state index in [0.29, 0.717) is 12.2 Å². The van der Waals surface area contributed by atoms with Crippen molar-refractivity contribution in [2.45, 2.75) is 47.2 Å². The molecular formula is C24H33N3O4S. The number of nitrogens with one attached hydrogen (secondary N) is 1. The Hall–Kier alpha value is -2.87. The number of carbonyl (C=O) groups is 2. The van der Waals surface area contributed by atoms with Crippen molar-refractivity contribution in [3.8, 4) is 0 Å². The summed E-state index contributed by atoms with van der Waals surface area (Å²) in [7, 11) is -3.73. The summed E-state index contributed by atoms with van der Waals surface area (Å²) < 4.78 is 26.3. The maximum atomic E-state index is 13.4. The molecule has 7 nitrogen and oxygen atoms in total. The second-order valence-corrected chi connectivity index (χ2v) is 10.0. The molecule has 2 amide bonds. The van der Waals surface area contributed by atoms with Gasteiger partial charge in [0.1, 0.15) is 12.6 Å². The first kappa shape index (κ1) is 25.4. The Labute approximate surface area is 191 Å². The Kier molecular flexibility index (Phi) is 8.44. The second-order valence-electron chi connectivity index (χ2n) is 8.14. The van der Waals surface area contributed by atoms with Crippen LogP contribution in [0.3, 0.4) is 0 Å². The number of likely N-dealkylation sites (N-methyl/N-ethyl adjacent to an activating group) is 1. The number of hydrogen-bond donors (Lipinski definition) is 1. The number of amides is 2. The van der Waals surface area contributed by atoms with Crippen LogP contribution in [0.15, 0.2) is 42.5 Å². The van der Waals surface area contributed by atoms with Gasteiger partial charge in [0.2, 0.25) is 21.8 Å². The van der Waals surface area contributed by atoms with Gasteiger partial charge in [0, 0.05) is 13.1 Å². The molecule has 0 spiro atoms. The number of rotatable bonds is 9. The molecule has 1 atom stereocenters. The molecule has 0 aliphatic rings. The molecule has 2 rings (SSSR count). The summed E-state index contributed by atoms with van der Waals surface area (Å²) in [6.45, 7) is 9.41. The van der Waals surface area contributed by atoms with Crippen molar-refractivity contribution in [3.63, 3.8) is 0 Å². The molecule has 0 aromatic heterocycles. The van der Waals surface area contributed by atoms with Gasteiger partial charge in [0.05, 0.1) is 11.9 Å². The summed E-state index contributed by atoms with van der Waals surface area (Å²) >= 11 is 0. The molecule has 174 valence electrons. The molecule has 0 fully saturated rings. The van der Waals surface area contributed by atoms with E-state index in [1.54, 1.807) is 13.0 Å². The maximum absolute atomic E-state index is 13.4. The number of carbonyl (C=O) groups excluding carboxylic acids is 2. The van der Waals surface area contributed by atoms with Crippen molar-refractivity contribution in [1.29, 1.82) is 0 Å². The lowest BCUT2D eigenvalue weighted by atomic mass is 10.1. The molecule has 2 aromatic rings. The zero-order valence-corrected chi connectivity index (χ0v) is 20.5. The van der Waals surface area contributed by atoms with Crippen molar-refractivity contribution in [2.24, 2.45) is 0 Å². The van der Waals surface area contributed by atoms with E-state index in [4.69, 9.17) is 0 Å². The van der Waals surface area contributed by atoms with E-state index in [2.05, 4.69) is 5.32 Å². The van der Waals surface area contributed by atoms with Crippen LogP contribution in [0.25, 0.3) is 0 Å². The van der Waals surface area contributed by atoms with Gasteiger partial charge in [0.25, 0.3) is 0 Å². The minimum Gasteiger partial charge on any atom is -0.355 e. The zero-order chi connectivity index (χ0) is 24.1. The van der Waals surface area contributed by atoms with E-state index in [1.807, 2.05) is 64.1 Å². The average molecular weight is 460 g/mol. The third-order valence-electron chi connectivity index (χ3n) is 5.29. The van der Waals surface area contributed by atoms with E-state index in [-0.39, 0.29) is 12.5 Å². The molecule has 0 aliphatic carbocycles. The number of anilines is 1. The van der Waals surface area contributed by atoms with Crippen LogP contribution in [0.1, 0.15) is 36.1 Å². The fourth-order valence-corrected chi connectivity index (χ4v) is 4.38. The SMILES string of the molecule is CCNC(=O)C(C)N(Cc1ccc(C)cc1)C(=O)CN(c1ccc(C)cc1C)S(C)(=O)=O. The van der Waals surface area contributed by atoms with Crippen LogP contribution in [0.4, 0.5) is 5.69 Å². The highest BCUT2D eigenvalue weighted by Gasteiger charge is 2.30. The monoisotopic (exact) mass is 459 g/mol. The summed E-state index contributed by atoms with van der Waals surface area (Å²) in [5.41, 5.74) is 4.15. The van der Waals surface area contributed by atoms with E-state index in [9.17, 15) is 18.0 Å². The Morgan fingerprint density at radius 1 is 1.00 bits per heavy atom. The largest absolute Gasteiger partial charge is 0.355 e. The van der Waals surface area contributed by atoms with Crippen LogP contribution >= 0.6 is 0 Å². The highest BCUT2D eigenvalue weighted by atomic mass is 32.2. The van der Waals surface area contributed by atoms with Crippen LogP contribution < -0.4 is 9.62 Å². The normalized spacial score (nSPS) is 12.2. The summed E-state index contributed by atoms with van der Waals surface area (Å²) in [5.74, 6) is -0.736. The number of sulfonamides is 1. The lowest BCUT2D eigenvalue weighted by Crippen LogP contribution is -2.51. The third kappa shape index (κ3) is 6.56. The quantitative estimate of drug-likeness (QED) is 0.625. The van der Waals surface area contributed by atoms with E-state index in [0.717, 1.165) is 32.8 Å². The first-order valence-electron chi connectivity index (χ1n) is 10.6. The van der Waals surface area contributed by atoms with E-state index in [1.165, 1.54) is 4.90 Å². The number of hydrogen-bond acceptors (Lipinski definition) is 4. The number of nitrogens with zero attached hydrogens (tertiary/aromatic N) is 2. The Balaban J connectivity index is 2.40. The lowest BCUT2D eigenvalue weighted by molar-refractivity contribution is -0.139. The smallest absolute Gasteiger partial charge is 0.244 e. The van der Waals surface area contributed by atoms with Crippen LogP contribution in [0.5, 0.6) is 0 Å². The number of benzene rings is 2. The molecule has 32 heavy (non-hydrogen) atoms. The van der Waals surface area contributed by atoms with Gasteiger partial charge in [-0.3, -0.25) is 13.9 Å². The molecule has 0 heterocycles. The van der Waals surface area contributed by atoms with Crippen molar-refractivity contribution >= 4 is 27.5 Å². The molecular weight excluding hydrogens is 426 g/mol. The predicted molar refractivity (Wildman–Crippen MR) is 128 cm³/mol. The van der Waals surface area contributed by atoms with Gasteiger partial charge < -0.3 is 10.2 Å². The fourth-order valence-electron chi connectivity index (χ4n) is 3.47. The molecule has 0 bridgehead atoms. The lowest BCUT2D eigenvalue weighted by Gasteiger charge is -2.32. The molecule has 0 saturated heterocycles. The average Bonchev–Trinajstić information content (AvgIpc) is 2.71. The van der Waals surface area contributed by atoms with E-state index >= 15 is 0 Å². The Morgan fingerprint density at radius 2 is 1.59 bits per heavy atom. The van der Waals surface area contributed by atoms with Crippen LogP contribution in [-0.2, 0) is 26.2 Å². The van der Waals surface area contributed by atoms with Crippen molar-refractivity contribution < 1.29 is 18.0 Å². The fraction of sp³-hybridized carbons (Fsp3) is 0.417. The Bertz CT molecular complexity index is 1070.